The monoisotopic (exact) mass is 438 g/mol. The lowest BCUT2D eigenvalue weighted by Gasteiger charge is -2.16. The van der Waals surface area contributed by atoms with Gasteiger partial charge in [0, 0.05) is 17.1 Å². The number of nitrogens with one attached hydrogen (secondary N) is 2. The molecule has 9 heteroatoms. The van der Waals surface area contributed by atoms with Crippen LogP contribution in [-0.4, -0.2) is 39.7 Å². The number of benzene rings is 1. The van der Waals surface area contributed by atoms with Crippen LogP contribution in [0.25, 0.3) is 0 Å². The molecule has 0 aliphatic carbocycles. The number of carbonyl (C=O) groups excluding carboxylic acids is 2. The first-order chi connectivity index (χ1) is 13.6. The van der Waals surface area contributed by atoms with Crippen LogP contribution in [0, 0.1) is 6.92 Å². The topological polar surface area (TPSA) is 102 Å². The fraction of sp³-hybridized carbons (Fsp3) is 0.400. The number of hydrogen-bond donors (Lipinski definition) is 2. The molecule has 1 aromatic carbocycles. The molecule has 2 aromatic rings. The van der Waals surface area contributed by atoms with Crippen molar-refractivity contribution in [1.82, 2.24) is 4.72 Å². The van der Waals surface area contributed by atoms with Gasteiger partial charge in [-0.1, -0.05) is 32.0 Å². The van der Waals surface area contributed by atoms with Gasteiger partial charge in [0.2, 0.25) is 10.0 Å². The van der Waals surface area contributed by atoms with Gasteiger partial charge >= 0.3 is 5.97 Å². The van der Waals surface area contributed by atoms with E-state index in [9.17, 15) is 18.0 Å². The van der Waals surface area contributed by atoms with Crippen molar-refractivity contribution in [2.24, 2.45) is 0 Å². The molecule has 2 N–H and O–H groups in total. The Labute approximate surface area is 175 Å². The number of amides is 1. The van der Waals surface area contributed by atoms with E-state index in [0.717, 1.165) is 27.9 Å². The Balaban J connectivity index is 1.89. The Bertz CT molecular complexity index is 981. The smallest absolute Gasteiger partial charge is 0.348 e. The van der Waals surface area contributed by atoms with Crippen LogP contribution >= 0.6 is 11.3 Å². The fourth-order valence-corrected chi connectivity index (χ4v) is 4.08. The van der Waals surface area contributed by atoms with Gasteiger partial charge in [-0.25, -0.2) is 17.9 Å². The van der Waals surface area contributed by atoms with Gasteiger partial charge in [0.05, 0.1) is 6.26 Å². The maximum absolute atomic E-state index is 12.3. The molecule has 29 heavy (non-hydrogen) atoms. The molecule has 1 aromatic heterocycles. The second-order valence-electron chi connectivity index (χ2n) is 7.00. The van der Waals surface area contributed by atoms with Gasteiger partial charge in [0.1, 0.15) is 4.88 Å². The highest BCUT2D eigenvalue weighted by Gasteiger charge is 2.16. The quantitative estimate of drug-likeness (QED) is 0.586. The molecule has 0 bridgehead atoms. The molecule has 1 amide bonds. The minimum absolute atomic E-state index is 0.245. The van der Waals surface area contributed by atoms with E-state index in [4.69, 9.17) is 4.74 Å². The molecule has 158 valence electrons. The molecule has 0 aliphatic heterocycles. The van der Waals surface area contributed by atoms with Crippen molar-refractivity contribution in [3.63, 3.8) is 0 Å². The van der Waals surface area contributed by atoms with Crippen molar-refractivity contribution in [3.05, 3.63) is 51.2 Å². The number of sulfonamides is 1. The first-order valence-electron chi connectivity index (χ1n) is 9.16. The molecule has 0 atom stereocenters. The Morgan fingerprint density at radius 3 is 2.55 bits per heavy atom. The van der Waals surface area contributed by atoms with Crippen LogP contribution in [0.15, 0.2) is 30.3 Å². The van der Waals surface area contributed by atoms with Crippen molar-refractivity contribution in [3.8, 4) is 0 Å². The highest BCUT2D eigenvalue weighted by molar-refractivity contribution is 7.88. The minimum Gasteiger partial charge on any atom is -0.451 e. The molecule has 0 unspecified atom stereocenters. The molecule has 1 heterocycles. The zero-order chi connectivity index (χ0) is 21.6. The van der Waals surface area contributed by atoms with Crippen LogP contribution in [0.2, 0.25) is 0 Å². The summed E-state index contributed by atoms with van der Waals surface area (Å²) in [7, 11) is -3.24. The van der Waals surface area contributed by atoms with Crippen molar-refractivity contribution in [1.29, 1.82) is 0 Å². The summed E-state index contributed by atoms with van der Waals surface area (Å²) in [6.07, 6.45) is 1.56. The number of esters is 1. The Morgan fingerprint density at radius 2 is 1.90 bits per heavy atom. The third-order valence-corrected chi connectivity index (χ3v) is 5.98. The van der Waals surface area contributed by atoms with Gasteiger partial charge in [-0.15, -0.1) is 11.3 Å². The molecule has 0 radical (unpaired) electrons. The number of hydrogen-bond acceptors (Lipinski definition) is 6. The second-order valence-corrected chi connectivity index (χ2v) is 10.0. The number of anilines is 1. The first kappa shape index (κ1) is 23.1. The second kappa shape index (κ2) is 10.00. The largest absolute Gasteiger partial charge is 0.451 e. The summed E-state index contributed by atoms with van der Waals surface area (Å²) in [6.45, 7) is 5.88. The number of para-hydroxylation sites is 1. The lowest BCUT2D eigenvalue weighted by atomic mass is 9.98. The fourth-order valence-electron chi connectivity index (χ4n) is 2.70. The van der Waals surface area contributed by atoms with E-state index >= 15 is 0 Å². The summed E-state index contributed by atoms with van der Waals surface area (Å²) in [5, 5.41) is 2.84. The lowest BCUT2D eigenvalue weighted by molar-refractivity contribution is -0.119. The maximum atomic E-state index is 12.3. The predicted molar refractivity (Wildman–Crippen MR) is 115 cm³/mol. The molecule has 0 fully saturated rings. The molecule has 0 saturated carbocycles. The molecular formula is C20H26N2O5S2. The van der Waals surface area contributed by atoms with Crippen LogP contribution in [0.1, 0.15) is 45.4 Å². The summed E-state index contributed by atoms with van der Waals surface area (Å²) >= 11 is 1.21. The van der Waals surface area contributed by atoms with Crippen LogP contribution in [-0.2, 0) is 26.0 Å². The summed E-state index contributed by atoms with van der Waals surface area (Å²) in [6, 6.07) is 9.18. The van der Waals surface area contributed by atoms with E-state index in [1.165, 1.54) is 11.3 Å². The van der Waals surface area contributed by atoms with E-state index < -0.39 is 21.9 Å². The van der Waals surface area contributed by atoms with Crippen LogP contribution in [0.5, 0.6) is 0 Å². The number of aryl methyl sites for hydroxylation is 1. The van der Waals surface area contributed by atoms with E-state index in [0.29, 0.717) is 11.3 Å². The standard InChI is InChI=1S/C20H26N2O5S2/c1-13(2)16-7-5-6-14(3)19(16)22-18(23)12-27-20(24)17-9-8-15(28-17)10-11-21-29(4,25)26/h5-9,13,21H,10-12H2,1-4H3,(H,22,23). The summed E-state index contributed by atoms with van der Waals surface area (Å²) in [5.74, 6) is -0.737. The molecule has 0 aliphatic rings. The van der Waals surface area contributed by atoms with Gasteiger partial charge in [-0.2, -0.15) is 0 Å². The molecule has 7 nitrogen and oxygen atoms in total. The van der Waals surface area contributed by atoms with Gasteiger partial charge in [-0.3, -0.25) is 4.79 Å². The minimum atomic E-state index is -3.24. The Morgan fingerprint density at radius 1 is 1.17 bits per heavy atom. The van der Waals surface area contributed by atoms with E-state index in [2.05, 4.69) is 10.0 Å². The van der Waals surface area contributed by atoms with Crippen LogP contribution < -0.4 is 10.0 Å². The third-order valence-electron chi connectivity index (χ3n) is 4.12. The number of ether oxygens (including phenoxy) is 1. The third kappa shape index (κ3) is 7.26. The van der Waals surface area contributed by atoms with Gasteiger partial charge in [0.15, 0.2) is 6.61 Å². The van der Waals surface area contributed by atoms with Gasteiger partial charge in [-0.05, 0) is 42.5 Å². The summed E-state index contributed by atoms with van der Waals surface area (Å²) in [4.78, 5) is 25.7. The summed E-state index contributed by atoms with van der Waals surface area (Å²) in [5.41, 5.74) is 2.72. The van der Waals surface area contributed by atoms with Crippen molar-refractivity contribution >= 4 is 38.9 Å². The Hall–Kier alpha value is -2.23. The zero-order valence-electron chi connectivity index (χ0n) is 16.9. The molecule has 0 saturated heterocycles. The highest BCUT2D eigenvalue weighted by Crippen LogP contribution is 2.27. The lowest BCUT2D eigenvalue weighted by Crippen LogP contribution is -2.24. The SMILES string of the molecule is Cc1cccc(C(C)C)c1NC(=O)COC(=O)c1ccc(CCNS(C)(=O)=O)s1. The molecule has 0 spiro atoms. The van der Waals surface area contributed by atoms with Gasteiger partial charge < -0.3 is 10.1 Å². The number of thiophene rings is 1. The predicted octanol–water partition coefficient (Wildman–Crippen LogP) is 3.07. The average molecular weight is 439 g/mol. The number of rotatable bonds is 9. The van der Waals surface area contributed by atoms with Gasteiger partial charge in [0.25, 0.3) is 5.91 Å². The zero-order valence-corrected chi connectivity index (χ0v) is 18.6. The number of carbonyl (C=O) groups is 2. The molecule has 2 rings (SSSR count). The highest BCUT2D eigenvalue weighted by atomic mass is 32.2. The first-order valence-corrected chi connectivity index (χ1v) is 11.9. The van der Waals surface area contributed by atoms with E-state index in [-0.39, 0.29) is 19.1 Å². The van der Waals surface area contributed by atoms with Crippen LogP contribution in [0.4, 0.5) is 5.69 Å². The van der Waals surface area contributed by atoms with E-state index in [1.54, 1.807) is 12.1 Å². The average Bonchev–Trinajstić information content (AvgIpc) is 3.09. The Kier molecular flexibility index (Phi) is 7.95. The summed E-state index contributed by atoms with van der Waals surface area (Å²) < 4.78 is 29.7. The molecular weight excluding hydrogens is 412 g/mol. The van der Waals surface area contributed by atoms with Crippen molar-refractivity contribution in [2.75, 3.05) is 24.7 Å². The van der Waals surface area contributed by atoms with Crippen LogP contribution in [0.3, 0.4) is 0 Å². The maximum Gasteiger partial charge on any atom is 0.348 e. The normalized spacial score (nSPS) is 11.5. The van der Waals surface area contributed by atoms with Crippen molar-refractivity contribution in [2.45, 2.75) is 33.1 Å². The van der Waals surface area contributed by atoms with E-state index in [1.807, 2.05) is 39.0 Å². The van der Waals surface area contributed by atoms with Crippen molar-refractivity contribution < 1.29 is 22.7 Å².